The van der Waals surface area contributed by atoms with E-state index in [-0.39, 0.29) is 17.1 Å². The van der Waals surface area contributed by atoms with Gasteiger partial charge in [0.2, 0.25) is 0 Å². The average Bonchev–Trinajstić information content (AvgIpc) is 2.93. The minimum atomic E-state index is -0.588. The molecule has 0 spiro atoms. The second-order valence-corrected chi connectivity index (χ2v) is 6.93. The number of hydrogen-bond donors (Lipinski definition) is 0. The molecule has 0 aliphatic heterocycles. The molecule has 25 heavy (non-hydrogen) atoms. The van der Waals surface area contributed by atoms with Crippen LogP contribution in [-0.4, -0.2) is 11.9 Å². The zero-order valence-electron chi connectivity index (χ0n) is 13.1. The van der Waals surface area contributed by atoms with Crippen LogP contribution in [-0.2, 0) is 9.59 Å². The maximum atomic E-state index is 12.3. The normalized spacial score (nSPS) is 10.7. The molecule has 0 saturated carbocycles. The maximum absolute atomic E-state index is 12.3. The number of hydrogen-bond acceptors (Lipinski definition) is 7. The van der Waals surface area contributed by atoms with Crippen LogP contribution in [0.25, 0.3) is 21.4 Å². The average molecular weight is 423 g/mol. The molecule has 0 unspecified atom stereocenters. The third-order valence-corrected chi connectivity index (χ3v) is 4.86. The molecule has 6 nitrogen and oxygen atoms in total. The predicted molar refractivity (Wildman–Crippen MR) is 96.1 cm³/mol. The zero-order chi connectivity index (χ0) is 18.1. The summed E-state index contributed by atoms with van der Waals surface area (Å²) >= 11 is 4.74. The van der Waals surface area contributed by atoms with Crippen LogP contribution in [0.4, 0.5) is 0 Å². The summed E-state index contributed by atoms with van der Waals surface area (Å²) in [5.74, 6) is -1.07. The molecular formula is C17H11BrO6S. The van der Waals surface area contributed by atoms with Crippen LogP contribution in [0.3, 0.4) is 0 Å². The van der Waals surface area contributed by atoms with Crippen molar-refractivity contribution in [3.05, 3.63) is 44.5 Å². The summed E-state index contributed by atoms with van der Waals surface area (Å²) in [6.07, 6.45) is 0. The van der Waals surface area contributed by atoms with Gasteiger partial charge in [-0.25, -0.2) is 4.79 Å². The van der Waals surface area contributed by atoms with Gasteiger partial charge in [-0.05, 0) is 34.1 Å². The van der Waals surface area contributed by atoms with E-state index in [2.05, 4.69) is 15.9 Å². The number of benzene rings is 1. The Morgan fingerprint density at radius 2 is 1.68 bits per heavy atom. The monoisotopic (exact) mass is 422 g/mol. The molecule has 128 valence electrons. The van der Waals surface area contributed by atoms with Crippen molar-refractivity contribution < 1.29 is 23.5 Å². The first-order valence-corrected chi connectivity index (χ1v) is 8.74. The highest BCUT2D eigenvalue weighted by Gasteiger charge is 2.16. The first kappa shape index (κ1) is 17.4. The van der Waals surface area contributed by atoms with Crippen molar-refractivity contribution in [2.75, 3.05) is 0 Å². The van der Waals surface area contributed by atoms with Crippen LogP contribution < -0.4 is 15.1 Å². The van der Waals surface area contributed by atoms with Gasteiger partial charge in [-0.1, -0.05) is 0 Å². The van der Waals surface area contributed by atoms with Crippen molar-refractivity contribution in [1.82, 2.24) is 0 Å². The molecule has 2 aromatic heterocycles. The molecule has 0 aliphatic rings. The van der Waals surface area contributed by atoms with Gasteiger partial charge in [0.25, 0.3) is 0 Å². The lowest BCUT2D eigenvalue weighted by Gasteiger charge is -2.10. The van der Waals surface area contributed by atoms with E-state index in [1.165, 1.54) is 37.3 Å². The lowest BCUT2D eigenvalue weighted by atomic mass is 10.1. The molecule has 0 aliphatic carbocycles. The van der Waals surface area contributed by atoms with Gasteiger partial charge < -0.3 is 13.9 Å². The molecule has 1 aromatic carbocycles. The van der Waals surface area contributed by atoms with Gasteiger partial charge in [0, 0.05) is 40.0 Å². The van der Waals surface area contributed by atoms with Crippen LogP contribution in [0.2, 0.25) is 0 Å². The van der Waals surface area contributed by atoms with Crippen molar-refractivity contribution in [3.8, 4) is 21.9 Å². The largest absolute Gasteiger partial charge is 0.423 e. The molecule has 0 fully saturated rings. The number of esters is 2. The number of thiophene rings is 1. The smallest absolute Gasteiger partial charge is 0.345 e. The topological polar surface area (TPSA) is 82.8 Å². The molecule has 2 heterocycles. The molecule has 8 heteroatoms. The van der Waals surface area contributed by atoms with E-state index < -0.39 is 17.6 Å². The summed E-state index contributed by atoms with van der Waals surface area (Å²) in [6.45, 7) is 2.46. The number of carbonyl (C=O) groups is 2. The van der Waals surface area contributed by atoms with Gasteiger partial charge >= 0.3 is 17.6 Å². The number of fused-ring (bicyclic) bond motifs is 1. The van der Waals surface area contributed by atoms with Crippen molar-refractivity contribution >= 4 is 50.2 Å². The summed E-state index contributed by atoms with van der Waals surface area (Å²) in [6, 6.07) is 6.29. The van der Waals surface area contributed by atoms with Crippen molar-refractivity contribution in [1.29, 1.82) is 0 Å². The van der Waals surface area contributed by atoms with E-state index in [4.69, 9.17) is 13.9 Å². The SMILES string of the molecule is CC(=O)Oc1cc2cc(-c3cc(Br)cs3)c(=O)oc2cc1OC(C)=O. The Kier molecular flexibility index (Phi) is 4.73. The third kappa shape index (κ3) is 3.80. The molecule has 0 saturated heterocycles. The summed E-state index contributed by atoms with van der Waals surface area (Å²) in [4.78, 5) is 35.5. The molecule has 0 atom stereocenters. The van der Waals surface area contributed by atoms with Gasteiger partial charge in [-0.3, -0.25) is 9.59 Å². The van der Waals surface area contributed by atoms with Crippen molar-refractivity contribution in [2.24, 2.45) is 0 Å². The first-order chi connectivity index (χ1) is 11.8. The fourth-order valence-corrected chi connectivity index (χ4v) is 3.66. The van der Waals surface area contributed by atoms with Gasteiger partial charge in [0.15, 0.2) is 11.5 Å². The Morgan fingerprint density at radius 1 is 1.04 bits per heavy atom. The van der Waals surface area contributed by atoms with Crippen LogP contribution in [0, 0.1) is 0 Å². The zero-order valence-corrected chi connectivity index (χ0v) is 15.5. The standard InChI is InChI=1S/C17H11BrO6S/c1-8(19)22-14-4-10-3-12(16-5-11(18)7-25-16)17(21)24-13(10)6-15(14)23-9(2)20/h3-7H,1-2H3. The minimum absolute atomic E-state index is 0.00460. The second-order valence-electron chi connectivity index (χ2n) is 5.10. The molecule has 0 bridgehead atoms. The third-order valence-electron chi connectivity index (χ3n) is 3.14. The number of carbonyl (C=O) groups excluding carboxylic acids is 2. The molecular weight excluding hydrogens is 412 g/mol. The summed E-state index contributed by atoms with van der Waals surface area (Å²) in [5, 5.41) is 2.39. The highest BCUT2D eigenvalue weighted by molar-refractivity contribution is 9.10. The van der Waals surface area contributed by atoms with Crippen LogP contribution in [0.5, 0.6) is 11.5 Å². The lowest BCUT2D eigenvalue weighted by molar-refractivity contribution is -0.134. The van der Waals surface area contributed by atoms with E-state index in [0.717, 1.165) is 9.35 Å². The van der Waals surface area contributed by atoms with E-state index in [1.807, 2.05) is 11.4 Å². The molecule has 3 aromatic rings. The van der Waals surface area contributed by atoms with Crippen LogP contribution >= 0.6 is 27.3 Å². The Labute approximate surface area is 154 Å². The van der Waals surface area contributed by atoms with E-state index in [1.54, 1.807) is 6.07 Å². The predicted octanol–water partition coefficient (Wildman–Crippen LogP) is 4.13. The van der Waals surface area contributed by atoms with Crippen LogP contribution in [0.15, 0.2) is 43.3 Å². The van der Waals surface area contributed by atoms with Crippen molar-refractivity contribution in [2.45, 2.75) is 13.8 Å². The van der Waals surface area contributed by atoms with Crippen LogP contribution in [0.1, 0.15) is 13.8 Å². The van der Waals surface area contributed by atoms with Gasteiger partial charge in [-0.15, -0.1) is 11.3 Å². The molecule has 0 amide bonds. The summed E-state index contributed by atoms with van der Waals surface area (Å²) in [7, 11) is 0. The van der Waals surface area contributed by atoms with Gasteiger partial charge in [-0.2, -0.15) is 0 Å². The Balaban J connectivity index is 2.20. The minimum Gasteiger partial charge on any atom is -0.423 e. The highest BCUT2D eigenvalue weighted by atomic mass is 79.9. The second kappa shape index (κ2) is 6.81. The van der Waals surface area contributed by atoms with E-state index in [9.17, 15) is 14.4 Å². The number of rotatable bonds is 3. The Hall–Kier alpha value is -2.45. The summed E-state index contributed by atoms with van der Waals surface area (Å²) in [5.41, 5.74) is 0.0876. The number of halogens is 1. The Bertz CT molecular complexity index is 1050. The lowest BCUT2D eigenvalue weighted by Crippen LogP contribution is -2.08. The van der Waals surface area contributed by atoms with Gasteiger partial charge in [0.05, 0.1) is 5.56 Å². The first-order valence-electron chi connectivity index (χ1n) is 7.06. The molecule has 0 N–H and O–H groups in total. The molecule has 0 radical (unpaired) electrons. The highest BCUT2D eigenvalue weighted by Crippen LogP contribution is 2.35. The van der Waals surface area contributed by atoms with Gasteiger partial charge in [0.1, 0.15) is 5.58 Å². The van der Waals surface area contributed by atoms with Crippen molar-refractivity contribution in [3.63, 3.8) is 0 Å². The Morgan fingerprint density at radius 3 is 2.24 bits per heavy atom. The fourth-order valence-electron chi connectivity index (χ4n) is 2.22. The summed E-state index contributed by atoms with van der Waals surface area (Å²) < 4.78 is 16.3. The quantitative estimate of drug-likeness (QED) is 0.358. The maximum Gasteiger partial charge on any atom is 0.345 e. The fraction of sp³-hybridized carbons (Fsp3) is 0.118. The van der Waals surface area contributed by atoms with E-state index in [0.29, 0.717) is 10.9 Å². The molecule has 3 rings (SSSR count). The number of ether oxygens (including phenoxy) is 2. The van der Waals surface area contributed by atoms with E-state index >= 15 is 0 Å².